The van der Waals surface area contributed by atoms with Crippen molar-refractivity contribution in [3.05, 3.63) is 34.3 Å². The second-order valence-corrected chi connectivity index (χ2v) is 5.87. The molecule has 7 heteroatoms. The van der Waals surface area contributed by atoms with E-state index in [-0.39, 0.29) is 29.6 Å². The maximum atomic E-state index is 12.0. The highest BCUT2D eigenvalue weighted by Crippen LogP contribution is 2.18. The van der Waals surface area contributed by atoms with Gasteiger partial charge in [-0.15, -0.1) is 11.3 Å². The third kappa shape index (κ3) is 3.30. The van der Waals surface area contributed by atoms with Gasteiger partial charge in [-0.2, -0.15) is 4.98 Å². The number of carbonyl (C=O) groups excluding carboxylic acids is 2. The Morgan fingerprint density at radius 1 is 1.29 bits per heavy atom. The number of hydrogen-bond acceptors (Lipinski definition) is 5. The van der Waals surface area contributed by atoms with Crippen molar-refractivity contribution in [2.24, 2.45) is 0 Å². The molecule has 1 aliphatic rings. The Kier molecular flexibility index (Phi) is 4.01. The summed E-state index contributed by atoms with van der Waals surface area (Å²) in [4.78, 5) is 28.4. The molecule has 0 spiro atoms. The molecule has 21 heavy (non-hydrogen) atoms. The van der Waals surface area contributed by atoms with Gasteiger partial charge in [0.2, 0.25) is 0 Å². The fourth-order valence-corrected chi connectivity index (χ4v) is 2.95. The lowest BCUT2D eigenvalue weighted by molar-refractivity contribution is 0.0932. The highest BCUT2D eigenvalue weighted by Gasteiger charge is 2.20. The molecular formula is C14H15N3O3S. The predicted octanol–water partition coefficient (Wildman–Crippen LogP) is 2.66. The largest absolute Gasteiger partial charge is 0.431 e. The van der Waals surface area contributed by atoms with E-state index in [0.717, 1.165) is 25.7 Å². The second-order valence-electron chi connectivity index (χ2n) is 4.92. The number of nitrogens with zero attached hydrogens (tertiary/aromatic N) is 1. The first-order valence-electron chi connectivity index (χ1n) is 6.83. The van der Waals surface area contributed by atoms with Crippen molar-refractivity contribution in [2.45, 2.75) is 31.7 Å². The fourth-order valence-electron chi connectivity index (χ4n) is 2.33. The first kappa shape index (κ1) is 13.8. The van der Waals surface area contributed by atoms with E-state index >= 15 is 0 Å². The van der Waals surface area contributed by atoms with Crippen LogP contribution in [0.4, 0.5) is 6.01 Å². The minimum atomic E-state index is -0.297. The van der Waals surface area contributed by atoms with E-state index in [1.165, 1.54) is 17.6 Å². The Hall–Kier alpha value is -2.15. The third-order valence-electron chi connectivity index (χ3n) is 3.39. The lowest BCUT2D eigenvalue weighted by Crippen LogP contribution is -2.32. The topological polar surface area (TPSA) is 84.2 Å². The van der Waals surface area contributed by atoms with E-state index in [9.17, 15) is 9.59 Å². The molecule has 0 radical (unpaired) electrons. The van der Waals surface area contributed by atoms with Gasteiger partial charge in [0.05, 0.1) is 4.88 Å². The molecule has 1 fully saturated rings. The summed E-state index contributed by atoms with van der Waals surface area (Å²) in [6, 6.07) is 3.75. The molecule has 0 bridgehead atoms. The molecule has 0 unspecified atom stereocenters. The zero-order valence-electron chi connectivity index (χ0n) is 11.3. The van der Waals surface area contributed by atoms with Crippen molar-refractivity contribution in [1.29, 1.82) is 0 Å². The molecule has 2 amide bonds. The SMILES string of the molecule is O=C(NC1CCCC1)c1coc(NC(=O)c2cccs2)n1. The van der Waals surface area contributed by atoms with Crippen molar-refractivity contribution in [3.63, 3.8) is 0 Å². The van der Waals surface area contributed by atoms with Gasteiger partial charge in [0.25, 0.3) is 11.8 Å². The normalized spacial score (nSPS) is 15.0. The number of oxazole rings is 1. The number of nitrogens with one attached hydrogen (secondary N) is 2. The van der Waals surface area contributed by atoms with Gasteiger partial charge in [-0.3, -0.25) is 14.9 Å². The van der Waals surface area contributed by atoms with Crippen LogP contribution in [-0.4, -0.2) is 22.8 Å². The Labute approximate surface area is 125 Å². The molecule has 0 aliphatic heterocycles. The van der Waals surface area contributed by atoms with Crippen molar-refractivity contribution in [2.75, 3.05) is 5.32 Å². The van der Waals surface area contributed by atoms with Crippen molar-refractivity contribution < 1.29 is 14.0 Å². The molecule has 2 heterocycles. The summed E-state index contributed by atoms with van der Waals surface area (Å²) in [6.45, 7) is 0. The Morgan fingerprint density at radius 2 is 2.10 bits per heavy atom. The van der Waals surface area contributed by atoms with Crippen molar-refractivity contribution in [3.8, 4) is 0 Å². The smallest absolute Gasteiger partial charge is 0.302 e. The molecule has 0 aromatic carbocycles. The van der Waals surface area contributed by atoms with Crippen LogP contribution < -0.4 is 10.6 Å². The van der Waals surface area contributed by atoms with Crippen LogP contribution in [0.15, 0.2) is 28.2 Å². The molecule has 2 aromatic heterocycles. The highest BCUT2D eigenvalue weighted by molar-refractivity contribution is 7.12. The quantitative estimate of drug-likeness (QED) is 0.909. The minimum Gasteiger partial charge on any atom is -0.431 e. The van der Waals surface area contributed by atoms with E-state index in [2.05, 4.69) is 15.6 Å². The maximum Gasteiger partial charge on any atom is 0.302 e. The molecule has 0 saturated heterocycles. The first-order chi connectivity index (χ1) is 10.2. The van der Waals surface area contributed by atoms with E-state index in [1.54, 1.807) is 12.1 Å². The standard InChI is InChI=1S/C14H15N3O3S/c18-12(15-9-4-1-2-5-9)10-8-20-14(16-10)17-13(19)11-6-3-7-21-11/h3,6-9H,1-2,4-5H2,(H,15,18)(H,16,17,19). The molecule has 1 saturated carbocycles. The van der Waals surface area contributed by atoms with E-state index in [1.807, 2.05) is 5.38 Å². The monoisotopic (exact) mass is 305 g/mol. The van der Waals surface area contributed by atoms with E-state index < -0.39 is 0 Å². The average Bonchev–Trinajstić information content (AvgIpc) is 3.21. The lowest BCUT2D eigenvalue weighted by Gasteiger charge is -2.09. The number of carbonyl (C=O) groups is 2. The molecule has 6 nitrogen and oxygen atoms in total. The van der Waals surface area contributed by atoms with Gasteiger partial charge < -0.3 is 9.73 Å². The number of amides is 2. The van der Waals surface area contributed by atoms with Gasteiger partial charge in [-0.05, 0) is 24.3 Å². The molecule has 2 aromatic rings. The highest BCUT2D eigenvalue weighted by atomic mass is 32.1. The molecule has 1 aliphatic carbocycles. The molecule has 3 rings (SSSR count). The number of rotatable bonds is 4. The van der Waals surface area contributed by atoms with Gasteiger partial charge in [0.1, 0.15) is 6.26 Å². The molecule has 2 N–H and O–H groups in total. The van der Waals surface area contributed by atoms with Crippen molar-refractivity contribution >= 4 is 29.2 Å². The number of anilines is 1. The number of aromatic nitrogens is 1. The second kappa shape index (κ2) is 6.09. The summed E-state index contributed by atoms with van der Waals surface area (Å²) in [7, 11) is 0. The van der Waals surface area contributed by atoms with Crippen LogP contribution in [0.2, 0.25) is 0 Å². The van der Waals surface area contributed by atoms with Crippen LogP contribution in [0.5, 0.6) is 0 Å². The first-order valence-corrected chi connectivity index (χ1v) is 7.71. The average molecular weight is 305 g/mol. The molecule has 0 atom stereocenters. The van der Waals surface area contributed by atoms with Crippen LogP contribution >= 0.6 is 11.3 Å². The Balaban J connectivity index is 1.60. The van der Waals surface area contributed by atoms with Crippen LogP contribution in [0.3, 0.4) is 0 Å². The van der Waals surface area contributed by atoms with Crippen molar-refractivity contribution in [1.82, 2.24) is 10.3 Å². The third-order valence-corrected chi connectivity index (χ3v) is 4.26. The molecule has 110 valence electrons. The summed E-state index contributed by atoms with van der Waals surface area (Å²) in [5.74, 6) is -0.558. The number of thiophene rings is 1. The van der Waals surface area contributed by atoms with Gasteiger partial charge >= 0.3 is 6.01 Å². The van der Waals surface area contributed by atoms with Crippen LogP contribution in [0.1, 0.15) is 45.8 Å². The summed E-state index contributed by atoms with van der Waals surface area (Å²) < 4.78 is 5.12. The van der Waals surface area contributed by atoms with Crippen LogP contribution in [0.25, 0.3) is 0 Å². The van der Waals surface area contributed by atoms with Crippen LogP contribution in [-0.2, 0) is 0 Å². The predicted molar refractivity (Wildman–Crippen MR) is 78.5 cm³/mol. The van der Waals surface area contributed by atoms with E-state index in [4.69, 9.17) is 4.42 Å². The number of hydrogen-bond donors (Lipinski definition) is 2. The zero-order valence-corrected chi connectivity index (χ0v) is 12.1. The zero-order chi connectivity index (χ0) is 14.7. The van der Waals surface area contributed by atoms with Crippen LogP contribution in [0, 0.1) is 0 Å². The summed E-state index contributed by atoms with van der Waals surface area (Å²) >= 11 is 1.32. The summed E-state index contributed by atoms with van der Waals surface area (Å²) in [5.41, 5.74) is 0.184. The van der Waals surface area contributed by atoms with Gasteiger partial charge in [-0.25, -0.2) is 0 Å². The summed E-state index contributed by atoms with van der Waals surface area (Å²) in [5, 5.41) is 7.25. The fraction of sp³-hybridized carbons (Fsp3) is 0.357. The Morgan fingerprint density at radius 3 is 2.81 bits per heavy atom. The van der Waals surface area contributed by atoms with Gasteiger partial charge in [0.15, 0.2) is 5.69 Å². The Bertz CT molecular complexity index is 630. The minimum absolute atomic E-state index is 0.0324. The molecular weight excluding hydrogens is 290 g/mol. The van der Waals surface area contributed by atoms with E-state index in [0.29, 0.717) is 4.88 Å². The lowest BCUT2D eigenvalue weighted by atomic mass is 10.2. The van der Waals surface area contributed by atoms with Gasteiger partial charge in [0, 0.05) is 6.04 Å². The summed E-state index contributed by atoms with van der Waals surface area (Å²) in [6.07, 6.45) is 5.56. The maximum absolute atomic E-state index is 12.0. The van der Waals surface area contributed by atoms with Gasteiger partial charge in [-0.1, -0.05) is 18.9 Å².